The van der Waals surface area contributed by atoms with Gasteiger partial charge in [0.15, 0.2) is 0 Å². The zero-order chi connectivity index (χ0) is 12.2. The molecule has 1 unspecified atom stereocenters. The maximum atomic E-state index is 11.6. The van der Waals surface area contributed by atoms with Crippen LogP contribution in [-0.2, 0) is 9.59 Å². The zero-order valence-corrected chi connectivity index (χ0v) is 10.7. The second kappa shape index (κ2) is 5.39. The fraction of sp³-hybridized carbons (Fsp3) is 0.800. The number of carbonyl (C=O) groups excluding carboxylic acids is 1. The highest BCUT2D eigenvalue weighted by Crippen LogP contribution is 2.23. The Morgan fingerprint density at radius 3 is 2.20 bits per heavy atom. The molecule has 4 nitrogen and oxygen atoms in total. The lowest BCUT2D eigenvalue weighted by Crippen LogP contribution is -2.41. The molecule has 15 heavy (non-hydrogen) atoms. The number of nitrogens with zero attached hydrogens (tertiary/aromatic N) is 1. The van der Waals surface area contributed by atoms with Crippen LogP contribution in [0.2, 0.25) is 0 Å². The first kappa shape index (κ1) is 14.3. The van der Waals surface area contributed by atoms with E-state index in [1.54, 1.807) is 0 Å². The molecule has 5 heteroatoms. The molecule has 0 aliphatic rings. The van der Waals surface area contributed by atoms with E-state index in [2.05, 4.69) is 0 Å². The van der Waals surface area contributed by atoms with Gasteiger partial charge in [-0.1, -0.05) is 20.8 Å². The highest BCUT2D eigenvalue weighted by molar-refractivity contribution is 8.01. The van der Waals surface area contributed by atoms with Gasteiger partial charge in [-0.2, -0.15) is 0 Å². The van der Waals surface area contributed by atoms with Gasteiger partial charge in [0.05, 0.1) is 5.75 Å². The van der Waals surface area contributed by atoms with Gasteiger partial charge >= 0.3 is 5.97 Å². The van der Waals surface area contributed by atoms with E-state index in [0.717, 1.165) is 0 Å². The number of carboxylic acid groups (broad SMARTS) is 1. The molecule has 0 spiro atoms. The van der Waals surface area contributed by atoms with Crippen molar-refractivity contribution >= 4 is 23.6 Å². The molecule has 88 valence electrons. The fourth-order valence-corrected chi connectivity index (χ4v) is 1.52. The molecule has 0 aromatic carbocycles. The van der Waals surface area contributed by atoms with Crippen LogP contribution in [0, 0.1) is 0 Å². The third kappa shape index (κ3) is 5.67. The summed E-state index contributed by atoms with van der Waals surface area (Å²) in [5, 5.41) is 8.73. The molecular weight excluding hydrogens is 214 g/mol. The van der Waals surface area contributed by atoms with E-state index in [4.69, 9.17) is 5.11 Å². The maximum absolute atomic E-state index is 11.6. The molecule has 0 radical (unpaired) electrons. The van der Waals surface area contributed by atoms with Crippen molar-refractivity contribution in [3.05, 3.63) is 0 Å². The van der Waals surface area contributed by atoms with E-state index < -0.39 is 12.0 Å². The molecule has 0 aromatic heterocycles. The molecule has 0 saturated carbocycles. The average Bonchev–Trinajstić information content (AvgIpc) is 2.10. The standard InChI is InChI=1S/C10H19NO3S/c1-7(9(13)14)11(5)8(12)6-15-10(2,3)4/h7H,6H2,1-5H3,(H,13,14). The number of carbonyl (C=O) groups is 2. The van der Waals surface area contributed by atoms with Crippen molar-refractivity contribution < 1.29 is 14.7 Å². The smallest absolute Gasteiger partial charge is 0.326 e. The molecule has 0 aliphatic carbocycles. The number of hydrogen-bond acceptors (Lipinski definition) is 3. The topological polar surface area (TPSA) is 57.6 Å². The summed E-state index contributed by atoms with van der Waals surface area (Å²) in [4.78, 5) is 23.5. The largest absolute Gasteiger partial charge is 0.480 e. The van der Waals surface area contributed by atoms with Crippen LogP contribution in [0.3, 0.4) is 0 Å². The summed E-state index contributed by atoms with van der Waals surface area (Å²) < 4.78 is 0.0168. The average molecular weight is 233 g/mol. The molecule has 0 fully saturated rings. The van der Waals surface area contributed by atoms with Gasteiger partial charge in [0.2, 0.25) is 5.91 Å². The molecule has 1 N–H and O–H groups in total. The van der Waals surface area contributed by atoms with Crippen LogP contribution in [0.25, 0.3) is 0 Å². The summed E-state index contributed by atoms with van der Waals surface area (Å²) in [5.41, 5.74) is 0. The van der Waals surface area contributed by atoms with Crippen molar-refractivity contribution in [2.24, 2.45) is 0 Å². The number of thioether (sulfide) groups is 1. The monoisotopic (exact) mass is 233 g/mol. The molecule has 0 heterocycles. The van der Waals surface area contributed by atoms with Crippen molar-refractivity contribution in [1.82, 2.24) is 4.90 Å². The summed E-state index contributed by atoms with van der Waals surface area (Å²) in [6.07, 6.45) is 0. The zero-order valence-electron chi connectivity index (χ0n) is 9.90. The first-order valence-electron chi connectivity index (χ1n) is 4.77. The second-order valence-electron chi connectivity index (χ2n) is 4.42. The van der Waals surface area contributed by atoms with Crippen LogP contribution in [-0.4, -0.2) is 45.5 Å². The Hall–Kier alpha value is -0.710. The Bertz CT molecular complexity index is 248. The first-order chi connectivity index (χ1) is 6.65. The number of amides is 1. The lowest BCUT2D eigenvalue weighted by molar-refractivity contribution is -0.147. The summed E-state index contributed by atoms with van der Waals surface area (Å²) in [6.45, 7) is 7.56. The van der Waals surface area contributed by atoms with Crippen LogP contribution in [0.1, 0.15) is 27.7 Å². The van der Waals surface area contributed by atoms with Crippen LogP contribution in [0.4, 0.5) is 0 Å². The van der Waals surface area contributed by atoms with Crippen molar-refractivity contribution in [2.75, 3.05) is 12.8 Å². The quantitative estimate of drug-likeness (QED) is 0.798. The Labute approximate surface area is 95.0 Å². The third-order valence-corrected chi connectivity index (χ3v) is 3.22. The van der Waals surface area contributed by atoms with Gasteiger partial charge in [-0.05, 0) is 6.92 Å². The molecule has 1 atom stereocenters. The number of aliphatic carboxylic acids is 1. The molecule has 0 aliphatic heterocycles. The molecule has 0 rings (SSSR count). The van der Waals surface area contributed by atoms with Gasteiger partial charge in [0.1, 0.15) is 6.04 Å². The highest BCUT2D eigenvalue weighted by Gasteiger charge is 2.23. The Morgan fingerprint density at radius 1 is 1.40 bits per heavy atom. The van der Waals surface area contributed by atoms with Gasteiger partial charge in [0.25, 0.3) is 0 Å². The van der Waals surface area contributed by atoms with Gasteiger partial charge in [0, 0.05) is 11.8 Å². The predicted molar refractivity (Wildman–Crippen MR) is 62.1 cm³/mol. The predicted octanol–water partition coefficient (Wildman–Crippen LogP) is 1.45. The number of hydrogen-bond donors (Lipinski definition) is 1. The third-order valence-electron chi connectivity index (χ3n) is 1.96. The van der Waals surface area contributed by atoms with E-state index in [-0.39, 0.29) is 10.7 Å². The van der Waals surface area contributed by atoms with E-state index >= 15 is 0 Å². The highest BCUT2D eigenvalue weighted by atomic mass is 32.2. The number of likely N-dealkylation sites (N-methyl/N-ethyl adjacent to an activating group) is 1. The number of carboxylic acids is 1. The Balaban J connectivity index is 4.17. The minimum absolute atomic E-state index is 0.0168. The molecule has 0 saturated heterocycles. The van der Waals surface area contributed by atoms with Crippen LogP contribution >= 0.6 is 11.8 Å². The van der Waals surface area contributed by atoms with Crippen molar-refractivity contribution in [3.63, 3.8) is 0 Å². The van der Waals surface area contributed by atoms with E-state index in [1.165, 1.54) is 30.6 Å². The van der Waals surface area contributed by atoms with Crippen molar-refractivity contribution in [1.29, 1.82) is 0 Å². The van der Waals surface area contributed by atoms with E-state index in [9.17, 15) is 9.59 Å². The van der Waals surface area contributed by atoms with Gasteiger partial charge in [-0.25, -0.2) is 4.79 Å². The van der Waals surface area contributed by atoms with Crippen molar-refractivity contribution in [2.45, 2.75) is 38.5 Å². The fourth-order valence-electron chi connectivity index (χ4n) is 0.762. The summed E-state index contributed by atoms with van der Waals surface area (Å²) in [6, 6.07) is -0.766. The normalized spacial score (nSPS) is 13.4. The summed E-state index contributed by atoms with van der Waals surface area (Å²) in [5.74, 6) is -0.811. The van der Waals surface area contributed by atoms with Crippen LogP contribution in [0.5, 0.6) is 0 Å². The molecule has 0 bridgehead atoms. The van der Waals surface area contributed by atoms with Gasteiger partial charge < -0.3 is 10.0 Å². The van der Waals surface area contributed by atoms with Gasteiger partial charge in [-0.15, -0.1) is 11.8 Å². The van der Waals surface area contributed by atoms with E-state index in [1.807, 2.05) is 20.8 Å². The summed E-state index contributed by atoms with van der Waals surface area (Å²) in [7, 11) is 1.52. The Kier molecular flexibility index (Phi) is 5.14. The maximum Gasteiger partial charge on any atom is 0.326 e. The molecular formula is C10H19NO3S. The van der Waals surface area contributed by atoms with Crippen molar-refractivity contribution in [3.8, 4) is 0 Å². The number of rotatable bonds is 4. The first-order valence-corrected chi connectivity index (χ1v) is 5.76. The minimum atomic E-state index is -0.980. The van der Waals surface area contributed by atoms with Gasteiger partial charge in [-0.3, -0.25) is 4.79 Å². The SMILES string of the molecule is CC(C(=O)O)N(C)C(=O)CSC(C)(C)C. The molecule has 0 aromatic rings. The van der Waals surface area contributed by atoms with Crippen LogP contribution < -0.4 is 0 Å². The summed E-state index contributed by atoms with van der Waals surface area (Å²) >= 11 is 1.51. The molecule has 1 amide bonds. The minimum Gasteiger partial charge on any atom is -0.480 e. The second-order valence-corrected chi connectivity index (χ2v) is 6.22. The van der Waals surface area contributed by atoms with E-state index in [0.29, 0.717) is 5.75 Å². The van der Waals surface area contributed by atoms with Crippen LogP contribution in [0.15, 0.2) is 0 Å². The Morgan fingerprint density at radius 2 is 1.87 bits per heavy atom. The lowest BCUT2D eigenvalue weighted by Gasteiger charge is -2.23. The lowest BCUT2D eigenvalue weighted by atomic mass is 10.3.